The third-order valence-corrected chi connectivity index (χ3v) is 7.94. The molecule has 2 fully saturated rings. The van der Waals surface area contributed by atoms with Crippen molar-refractivity contribution in [2.24, 2.45) is 29.1 Å². The van der Waals surface area contributed by atoms with Gasteiger partial charge in [-0.05, 0) is 78.7 Å². The second kappa shape index (κ2) is 10.7. The van der Waals surface area contributed by atoms with E-state index in [0.717, 1.165) is 36.5 Å². The summed E-state index contributed by atoms with van der Waals surface area (Å²) in [6, 6.07) is 8.77. The van der Waals surface area contributed by atoms with Gasteiger partial charge in [0.05, 0.1) is 0 Å². The molecule has 0 aliphatic heterocycles. The maximum absolute atomic E-state index is 2.58. The summed E-state index contributed by atoms with van der Waals surface area (Å²) in [6.07, 6.45) is 14.2. The third kappa shape index (κ3) is 6.65. The quantitative estimate of drug-likeness (QED) is 0.498. The molecule has 27 heavy (non-hydrogen) atoms. The fourth-order valence-electron chi connectivity index (χ4n) is 5.41. The SMILES string of the molecule is CC1CCC(C(C)(C)C2CCC(C)CC2)CC1.CCc1cccc(CC)c1. The summed E-state index contributed by atoms with van der Waals surface area (Å²) < 4.78 is 0. The number of benzene rings is 1. The van der Waals surface area contributed by atoms with Crippen LogP contribution in [0.15, 0.2) is 24.3 Å². The van der Waals surface area contributed by atoms with E-state index in [2.05, 4.69) is 65.8 Å². The lowest BCUT2D eigenvalue weighted by Gasteiger charge is -2.46. The Morgan fingerprint density at radius 3 is 1.41 bits per heavy atom. The highest BCUT2D eigenvalue weighted by Gasteiger charge is 2.39. The Balaban J connectivity index is 0.000000223. The van der Waals surface area contributed by atoms with E-state index in [-0.39, 0.29) is 0 Å². The molecule has 3 rings (SSSR count). The van der Waals surface area contributed by atoms with Crippen LogP contribution in [0.25, 0.3) is 0 Å². The average molecular weight is 371 g/mol. The Hall–Kier alpha value is -0.780. The zero-order valence-corrected chi connectivity index (χ0v) is 19.2. The van der Waals surface area contributed by atoms with Gasteiger partial charge in [0.25, 0.3) is 0 Å². The molecule has 0 N–H and O–H groups in total. The molecule has 0 bridgehead atoms. The van der Waals surface area contributed by atoms with Crippen LogP contribution >= 0.6 is 0 Å². The standard InChI is InChI=1S/C17H32.C10H14/c1-13-5-9-15(10-6-13)17(3,4)16-11-7-14(2)8-12-16;1-3-9-6-5-7-10(4-2)8-9/h13-16H,5-12H2,1-4H3;5-8H,3-4H2,1-2H3. The largest absolute Gasteiger partial charge is 0.0625 e. The molecule has 2 saturated carbocycles. The van der Waals surface area contributed by atoms with E-state index in [1.54, 1.807) is 0 Å². The lowest BCUT2D eigenvalue weighted by molar-refractivity contribution is 0.0421. The second-order valence-electron chi connectivity index (χ2n) is 10.3. The summed E-state index contributed by atoms with van der Waals surface area (Å²) >= 11 is 0. The molecule has 0 heterocycles. The zero-order chi connectivity index (χ0) is 19.9. The first-order valence-electron chi connectivity index (χ1n) is 11.9. The summed E-state index contributed by atoms with van der Waals surface area (Å²) in [6.45, 7) is 14.4. The van der Waals surface area contributed by atoms with E-state index >= 15 is 0 Å². The minimum atomic E-state index is 0.611. The van der Waals surface area contributed by atoms with Crippen LogP contribution in [0.2, 0.25) is 0 Å². The number of rotatable bonds is 4. The maximum atomic E-state index is 2.58. The Kier molecular flexibility index (Phi) is 8.90. The molecular weight excluding hydrogens is 324 g/mol. The van der Waals surface area contributed by atoms with Gasteiger partial charge in [-0.25, -0.2) is 0 Å². The van der Waals surface area contributed by atoms with Crippen molar-refractivity contribution in [3.63, 3.8) is 0 Å². The molecule has 0 nitrogen and oxygen atoms in total. The second-order valence-corrected chi connectivity index (χ2v) is 10.3. The highest BCUT2D eigenvalue weighted by molar-refractivity contribution is 5.23. The number of hydrogen-bond donors (Lipinski definition) is 0. The van der Waals surface area contributed by atoms with Gasteiger partial charge in [-0.2, -0.15) is 0 Å². The fourth-order valence-corrected chi connectivity index (χ4v) is 5.41. The third-order valence-electron chi connectivity index (χ3n) is 7.94. The van der Waals surface area contributed by atoms with Crippen molar-refractivity contribution in [2.45, 2.75) is 106 Å². The average Bonchev–Trinajstić information content (AvgIpc) is 2.69. The monoisotopic (exact) mass is 370 g/mol. The maximum Gasteiger partial charge on any atom is -0.0298 e. The van der Waals surface area contributed by atoms with Crippen LogP contribution in [-0.4, -0.2) is 0 Å². The lowest BCUT2D eigenvalue weighted by atomic mass is 9.59. The Bertz CT molecular complexity index is 481. The summed E-state index contributed by atoms with van der Waals surface area (Å²) in [4.78, 5) is 0. The Labute approximate surface area is 170 Å². The van der Waals surface area contributed by atoms with Crippen LogP contribution in [0.3, 0.4) is 0 Å². The van der Waals surface area contributed by atoms with Crippen molar-refractivity contribution < 1.29 is 0 Å². The van der Waals surface area contributed by atoms with Crippen LogP contribution in [0.1, 0.15) is 104 Å². The lowest BCUT2D eigenvalue weighted by Crippen LogP contribution is -2.36. The van der Waals surface area contributed by atoms with Gasteiger partial charge in [0.2, 0.25) is 0 Å². The van der Waals surface area contributed by atoms with Gasteiger partial charge in [-0.15, -0.1) is 0 Å². The number of aryl methyl sites for hydroxylation is 2. The van der Waals surface area contributed by atoms with E-state index < -0.39 is 0 Å². The Morgan fingerprint density at radius 1 is 0.704 bits per heavy atom. The van der Waals surface area contributed by atoms with Crippen molar-refractivity contribution in [1.82, 2.24) is 0 Å². The van der Waals surface area contributed by atoms with Gasteiger partial charge in [0.15, 0.2) is 0 Å². The highest BCUT2D eigenvalue weighted by atomic mass is 14.4. The van der Waals surface area contributed by atoms with Crippen molar-refractivity contribution in [3.8, 4) is 0 Å². The van der Waals surface area contributed by atoms with Crippen molar-refractivity contribution >= 4 is 0 Å². The van der Waals surface area contributed by atoms with Crippen molar-refractivity contribution in [3.05, 3.63) is 35.4 Å². The summed E-state index contributed by atoms with van der Waals surface area (Å²) in [5.74, 6) is 4.01. The van der Waals surface area contributed by atoms with E-state index in [4.69, 9.17) is 0 Å². The Morgan fingerprint density at radius 2 is 1.07 bits per heavy atom. The van der Waals surface area contributed by atoms with Gasteiger partial charge in [0.1, 0.15) is 0 Å². The fraction of sp³-hybridized carbons (Fsp3) is 0.778. The van der Waals surface area contributed by atoms with E-state index in [0.29, 0.717) is 5.41 Å². The predicted octanol–water partition coefficient (Wildman–Crippen LogP) is 8.48. The van der Waals surface area contributed by atoms with Gasteiger partial charge >= 0.3 is 0 Å². The van der Waals surface area contributed by atoms with Gasteiger partial charge in [0, 0.05) is 0 Å². The van der Waals surface area contributed by atoms with Crippen LogP contribution in [0.4, 0.5) is 0 Å². The first kappa shape index (κ1) is 22.5. The summed E-state index contributed by atoms with van der Waals surface area (Å²) in [5.41, 5.74) is 3.50. The van der Waals surface area contributed by atoms with Crippen molar-refractivity contribution in [1.29, 1.82) is 0 Å². The summed E-state index contributed by atoms with van der Waals surface area (Å²) in [5, 5.41) is 0. The summed E-state index contributed by atoms with van der Waals surface area (Å²) in [7, 11) is 0. The van der Waals surface area contributed by atoms with Crippen LogP contribution < -0.4 is 0 Å². The van der Waals surface area contributed by atoms with E-state index in [1.165, 1.54) is 62.5 Å². The smallest absolute Gasteiger partial charge is 0.0298 e. The minimum absolute atomic E-state index is 0.611. The van der Waals surface area contributed by atoms with Crippen LogP contribution in [0.5, 0.6) is 0 Å². The normalized spacial score (nSPS) is 29.0. The molecule has 0 spiro atoms. The molecule has 0 aromatic heterocycles. The molecule has 1 aromatic carbocycles. The molecular formula is C27H46. The predicted molar refractivity (Wildman–Crippen MR) is 121 cm³/mol. The molecule has 2 aliphatic rings. The molecule has 0 saturated heterocycles. The molecule has 154 valence electrons. The van der Waals surface area contributed by atoms with Gasteiger partial charge < -0.3 is 0 Å². The molecule has 0 unspecified atom stereocenters. The van der Waals surface area contributed by atoms with Crippen molar-refractivity contribution in [2.75, 3.05) is 0 Å². The molecule has 0 atom stereocenters. The molecule has 1 aromatic rings. The highest BCUT2D eigenvalue weighted by Crippen LogP contribution is 2.49. The first-order chi connectivity index (χ1) is 12.9. The van der Waals surface area contributed by atoms with E-state index in [1.807, 2.05) is 0 Å². The molecule has 2 aliphatic carbocycles. The minimum Gasteiger partial charge on any atom is -0.0625 e. The van der Waals surface area contributed by atoms with Gasteiger partial charge in [-0.1, -0.05) is 91.5 Å². The van der Waals surface area contributed by atoms with Crippen LogP contribution in [0, 0.1) is 29.1 Å². The molecule has 0 amide bonds. The molecule has 0 heteroatoms. The topological polar surface area (TPSA) is 0 Å². The number of hydrogen-bond acceptors (Lipinski definition) is 0. The van der Waals surface area contributed by atoms with Gasteiger partial charge in [-0.3, -0.25) is 0 Å². The first-order valence-corrected chi connectivity index (χ1v) is 11.9. The van der Waals surface area contributed by atoms with Crippen LogP contribution in [-0.2, 0) is 12.8 Å². The zero-order valence-electron chi connectivity index (χ0n) is 19.2. The molecule has 0 radical (unpaired) electrons. The van der Waals surface area contributed by atoms with E-state index in [9.17, 15) is 0 Å².